The minimum Gasteiger partial charge on any atom is -0.479 e. The molecule has 2 heterocycles. The highest BCUT2D eigenvalue weighted by molar-refractivity contribution is 5.81. The van der Waals surface area contributed by atoms with Gasteiger partial charge in [0.15, 0.2) is 6.10 Å². The van der Waals surface area contributed by atoms with E-state index in [0.717, 1.165) is 13.0 Å². The van der Waals surface area contributed by atoms with E-state index in [-0.39, 0.29) is 19.1 Å². The first-order chi connectivity index (χ1) is 8.58. The van der Waals surface area contributed by atoms with Crippen molar-refractivity contribution in [3.05, 3.63) is 0 Å². The maximum Gasteiger partial charge on any atom is 0.334 e. The highest BCUT2D eigenvalue weighted by atomic mass is 16.5. The van der Waals surface area contributed by atoms with Gasteiger partial charge in [-0.3, -0.25) is 4.79 Å². The highest BCUT2D eigenvalue weighted by Gasteiger charge is 2.33. The number of aliphatic carboxylic acids is 1. The third kappa shape index (κ3) is 3.00. The Balaban J connectivity index is 1.93. The maximum atomic E-state index is 11.7. The molecular weight excluding hydrogens is 236 g/mol. The van der Waals surface area contributed by atoms with Gasteiger partial charge in [-0.2, -0.15) is 0 Å². The molecular formula is C12H20N2O4. The number of hydrogen-bond acceptors (Lipinski definition) is 4. The monoisotopic (exact) mass is 256 g/mol. The molecule has 0 aliphatic carbocycles. The predicted molar refractivity (Wildman–Crippen MR) is 64.2 cm³/mol. The molecule has 2 rings (SSSR count). The summed E-state index contributed by atoms with van der Waals surface area (Å²) in [6, 6.07) is 0.343. The Bertz CT molecular complexity index is 334. The molecule has 2 aliphatic rings. The van der Waals surface area contributed by atoms with E-state index in [1.54, 1.807) is 4.90 Å². The molecule has 0 bridgehead atoms. The second kappa shape index (κ2) is 5.67. The van der Waals surface area contributed by atoms with Crippen LogP contribution in [-0.2, 0) is 14.3 Å². The Labute approximate surface area is 106 Å². The molecule has 0 aromatic heterocycles. The van der Waals surface area contributed by atoms with Crippen LogP contribution in [0, 0.1) is 0 Å². The number of rotatable bonds is 3. The van der Waals surface area contributed by atoms with Crippen LogP contribution in [0.1, 0.15) is 19.3 Å². The molecule has 2 atom stereocenters. The molecule has 1 N–H and O–H groups in total. The smallest absolute Gasteiger partial charge is 0.334 e. The van der Waals surface area contributed by atoms with Crippen LogP contribution in [0.25, 0.3) is 0 Å². The third-order valence-corrected chi connectivity index (χ3v) is 3.77. The second-order valence-corrected chi connectivity index (χ2v) is 5.07. The van der Waals surface area contributed by atoms with E-state index in [1.165, 1.54) is 12.8 Å². The average Bonchev–Trinajstić information content (AvgIpc) is 2.34. The minimum absolute atomic E-state index is 0.105. The molecule has 0 aromatic rings. The summed E-state index contributed by atoms with van der Waals surface area (Å²) in [7, 11) is 2.06. The lowest BCUT2D eigenvalue weighted by Gasteiger charge is -2.38. The van der Waals surface area contributed by atoms with Gasteiger partial charge in [0.05, 0.1) is 6.54 Å². The molecule has 6 nitrogen and oxygen atoms in total. The summed E-state index contributed by atoms with van der Waals surface area (Å²) in [6.07, 6.45) is 2.56. The van der Waals surface area contributed by atoms with E-state index in [4.69, 9.17) is 9.84 Å². The molecule has 2 fully saturated rings. The number of hydrogen-bond donors (Lipinski definition) is 1. The van der Waals surface area contributed by atoms with Gasteiger partial charge in [0.25, 0.3) is 0 Å². The Hall–Kier alpha value is -1.14. The average molecular weight is 256 g/mol. The summed E-state index contributed by atoms with van der Waals surface area (Å²) in [4.78, 5) is 26.5. The summed E-state index contributed by atoms with van der Waals surface area (Å²) in [5.41, 5.74) is 0. The molecule has 0 radical (unpaired) electrons. The van der Waals surface area contributed by atoms with Crippen molar-refractivity contribution in [3.8, 4) is 0 Å². The van der Waals surface area contributed by atoms with Gasteiger partial charge in [-0.1, -0.05) is 6.42 Å². The third-order valence-electron chi connectivity index (χ3n) is 3.77. The first-order valence-electron chi connectivity index (χ1n) is 6.40. The van der Waals surface area contributed by atoms with Crippen LogP contribution in [0.3, 0.4) is 0 Å². The van der Waals surface area contributed by atoms with Crippen LogP contribution in [-0.4, -0.2) is 72.2 Å². The van der Waals surface area contributed by atoms with Gasteiger partial charge in [-0.05, 0) is 26.4 Å². The van der Waals surface area contributed by atoms with Gasteiger partial charge in [-0.25, -0.2) is 4.79 Å². The first kappa shape index (κ1) is 13.3. The summed E-state index contributed by atoms with van der Waals surface area (Å²) in [5, 5.41) is 8.93. The number of carbonyl (C=O) groups is 2. The van der Waals surface area contributed by atoms with Crippen LogP contribution in [0.5, 0.6) is 0 Å². The molecule has 2 aliphatic heterocycles. The van der Waals surface area contributed by atoms with Crippen molar-refractivity contribution in [1.29, 1.82) is 0 Å². The second-order valence-electron chi connectivity index (χ2n) is 5.07. The number of amides is 1. The minimum atomic E-state index is -0.996. The van der Waals surface area contributed by atoms with Crippen molar-refractivity contribution in [3.63, 3.8) is 0 Å². The Morgan fingerprint density at radius 3 is 2.94 bits per heavy atom. The zero-order chi connectivity index (χ0) is 13.1. The quantitative estimate of drug-likeness (QED) is 0.756. The molecule has 0 aromatic carbocycles. The Morgan fingerprint density at radius 2 is 2.28 bits per heavy atom. The zero-order valence-corrected chi connectivity index (χ0v) is 10.7. The van der Waals surface area contributed by atoms with Gasteiger partial charge in [0, 0.05) is 12.6 Å². The van der Waals surface area contributed by atoms with Gasteiger partial charge in [0.2, 0.25) is 5.91 Å². The van der Waals surface area contributed by atoms with Crippen LogP contribution in [0.4, 0.5) is 0 Å². The predicted octanol–water partition coefficient (Wildman–Crippen LogP) is -0.217. The van der Waals surface area contributed by atoms with Crippen LogP contribution >= 0.6 is 0 Å². The van der Waals surface area contributed by atoms with E-state index in [0.29, 0.717) is 12.6 Å². The molecule has 18 heavy (non-hydrogen) atoms. The van der Waals surface area contributed by atoms with E-state index in [9.17, 15) is 9.59 Å². The SMILES string of the molecule is CN1CCCCC1CN1CC(C(=O)O)OCC1=O. The normalized spacial score (nSPS) is 30.5. The van der Waals surface area contributed by atoms with Crippen LogP contribution in [0.2, 0.25) is 0 Å². The van der Waals surface area contributed by atoms with E-state index >= 15 is 0 Å². The number of nitrogens with zero attached hydrogens (tertiary/aromatic N) is 2. The van der Waals surface area contributed by atoms with Crippen molar-refractivity contribution in [1.82, 2.24) is 9.80 Å². The Kier molecular flexibility index (Phi) is 4.19. The van der Waals surface area contributed by atoms with Crippen molar-refractivity contribution in [2.75, 3.05) is 33.3 Å². The summed E-state index contributed by atoms with van der Waals surface area (Å²) >= 11 is 0. The number of carboxylic acids is 1. The van der Waals surface area contributed by atoms with E-state index in [2.05, 4.69) is 11.9 Å². The number of ether oxygens (including phenoxy) is 1. The number of piperidine rings is 1. The van der Waals surface area contributed by atoms with Gasteiger partial charge < -0.3 is 19.6 Å². The topological polar surface area (TPSA) is 70.1 Å². The fourth-order valence-electron chi connectivity index (χ4n) is 2.57. The Morgan fingerprint density at radius 1 is 1.50 bits per heavy atom. The number of likely N-dealkylation sites (N-methyl/N-ethyl adjacent to an activating group) is 1. The maximum absolute atomic E-state index is 11.7. The van der Waals surface area contributed by atoms with E-state index < -0.39 is 12.1 Å². The molecule has 2 saturated heterocycles. The number of carbonyl (C=O) groups excluding carboxylic acids is 1. The molecule has 2 unspecified atom stereocenters. The molecule has 102 valence electrons. The first-order valence-corrected chi connectivity index (χ1v) is 6.40. The highest BCUT2D eigenvalue weighted by Crippen LogP contribution is 2.17. The zero-order valence-electron chi connectivity index (χ0n) is 10.7. The van der Waals surface area contributed by atoms with Gasteiger partial charge in [0.1, 0.15) is 6.61 Å². The number of likely N-dealkylation sites (tertiary alicyclic amines) is 1. The lowest BCUT2D eigenvalue weighted by molar-refractivity contribution is -0.165. The molecule has 1 amide bonds. The van der Waals surface area contributed by atoms with Crippen LogP contribution < -0.4 is 0 Å². The standard InChI is InChI=1S/C12H20N2O4/c1-13-5-3-2-4-9(13)6-14-7-10(12(16)17)18-8-11(14)15/h9-10H,2-8H2,1H3,(H,16,17). The lowest BCUT2D eigenvalue weighted by atomic mass is 10.0. The van der Waals surface area contributed by atoms with Gasteiger partial charge >= 0.3 is 5.97 Å². The summed E-state index contributed by atoms with van der Waals surface area (Å²) < 4.78 is 4.99. The van der Waals surface area contributed by atoms with Crippen molar-refractivity contribution in [2.24, 2.45) is 0 Å². The molecule has 6 heteroatoms. The lowest BCUT2D eigenvalue weighted by Crippen LogP contribution is -2.54. The van der Waals surface area contributed by atoms with Crippen molar-refractivity contribution >= 4 is 11.9 Å². The van der Waals surface area contributed by atoms with Gasteiger partial charge in [-0.15, -0.1) is 0 Å². The molecule has 0 spiro atoms. The summed E-state index contributed by atoms with van der Waals surface area (Å²) in [6.45, 7) is 1.71. The van der Waals surface area contributed by atoms with Crippen LogP contribution in [0.15, 0.2) is 0 Å². The fraction of sp³-hybridized carbons (Fsp3) is 0.833. The number of carboxylic acid groups (broad SMARTS) is 1. The van der Waals surface area contributed by atoms with Crippen molar-refractivity contribution in [2.45, 2.75) is 31.4 Å². The number of morpholine rings is 1. The van der Waals surface area contributed by atoms with E-state index in [1.807, 2.05) is 0 Å². The summed E-state index contributed by atoms with van der Waals surface area (Å²) in [5.74, 6) is -1.10. The fourth-order valence-corrected chi connectivity index (χ4v) is 2.57. The largest absolute Gasteiger partial charge is 0.479 e. The molecule has 0 saturated carbocycles. The van der Waals surface area contributed by atoms with Crippen molar-refractivity contribution < 1.29 is 19.4 Å².